The maximum absolute atomic E-state index is 7.40. The van der Waals surface area contributed by atoms with Crippen LogP contribution in [0.1, 0.15) is 0 Å². The summed E-state index contributed by atoms with van der Waals surface area (Å²) in [7, 11) is 1.93. The average molecular weight is 123 g/mol. The molecule has 0 bridgehead atoms. The van der Waals surface area contributed by atoms with Crippen molar-refractivity contribution in [2.45, 2.75) is 0 Å². The topological polar surface area (TPSA) is 66.4 Å². The third kappa shape index (κ3) is 5.82. The lowest BCUT2D eigenvalue weighted by Gasteiger charge is -1.93. The van der Waals surface area contributed by atoms with Crippen molar-refractivity contribution >= 4 is 7.69 Å². The van der Waals surface area contributed by atoms with Crippen molar-refractivity contribution in [1.82, 2.24) is 0 Å². The quantitative estimate of drug-likeness (QED) is 0.229. The first-order valence-electron chi connectivity index (χ1n) is 1.56. The highest BCUT2D eigenvalue weighted by atomic mass is 17.6. The Morgan fingerprint density at radius 1 is 1.38 bits per heavy atom. The van der Waals surface area contributed by atoms with Crippen molar-refractivity contribution < 1.29 is 29.8 Å². The van der Waals surface area contributed by atoms with Crippen LogP contribution >= 0.6 is 0 Å². The molecule has 0 amide bonds. The maximum Gasteiger partial charge on any atom is 0.562 e. The highest BCUT2D eigenvalue weighted by molar-refractivity contribution is 6.16. The molecule has 47 valence electrons. The molecule has 0 saturated heterocycles. The van der Waals surface area contributed by atoms with Crippen molar-refractivity contribution in [2.75, 3.05) is 7.11 Å². The molecule has 0 aliphatic heterocycles. The van der Waals surface area contributed by atoms with Gasteiger partial charge >= 0.3 is 7.69 Å². The van der Waals surface area contributed by atoms with Crippen LogP contribution < -0.4 is 0 Å². The molecule has 0 unspecified atom stereocenters. The second-order valence-electron chi connectivity index (χ2n) is 0.598. The first kappa shape index (κ1) is 7.82. The van der Waals surface area contributed by atoms with Crippen molar-refractivity contribution in [3.63, 3.8) is 0 Å². The van der Waals surface area contributed by atoms with Crippen LogP contribution in [-0.2, 0) is 24.6 Å². The Bertz CT molecular complexity index is 33.5. The van der Waals surface area contributed by atoms with Gasteiger partial charge in [0.25, 0.3) is 0 Å². The van der Waals surface area contributed by atoms with Crippen molar-refractivity contribution in [2.24, 2.45) is 0 Å². The predicted molar refractivity (Wildman–Crippen MR) is 19.7 cm³/mol. The third-order valence-electron chi connectivity index (χ3n) is 0.245. The molecule has 0 rings (SSSR count). The molecule has 0 aromatic rings. The van der Waals surface area contributed by atoms with E-state index in [9.17, 15) is 0 Å². The Balaban J connectivity index is 2.53. The average Bonchev–Trinajstić information content (AvgIpc) is 1.81. The molecule has 0 saturated carbocycles. The van der Waals surface area contributed by atoms with Gasteiger partial charge in [-0.15, -0.1) is 0 Å². The fourth-order valence-electron chi connectivity index (χ4n) is 0.0889. The van der Waals surface area contributed by atoms with Crippen LogP contribution in [0.25, 0.3) is 0 Å². The molecule has 0 fully saturated rings. The lowest BCUT2D eigenvalue weighted by molar-refractivity contribution is -0.600. The third-order valence-corrected chi connectivity index (χ3v) is 0.245. The molecule has 0 aliphatic carbocycles. The molecule has 0 aromatic heterocycles. The molecule has 1 N–H and O–H groups in total. The summed E-state index contributed by atoms with van der Waals surface area (Å²) in [4.78, 5) is 11.7. The minimum atomic E-state index is 0.663. The summed E-state index contributed by atoms with van der Waals surface area (Å²) in [6.07, 6.45) is 0. The lowest BCUT2D eigenvalue weighted by atomic mass is 10.4. The molecule has 0 atom stereocenters. The zero-order valence-corrected chi connectivity index (χ0v) is 4.07. The van der Waals surface area contributed by atoms with Gasteiger partial charge in [-0.05, 0) is 5.04 Å². The van der Waals surface area contributed by atoms with Gasteiger partial charge in [0.2, 0.25) is 0 Å². The summed E-state index contributed by atoms with van der Waals surface area (Å²) in [5.74, 6) is 0. The Morgan fingerprint density at radius 2 is 2.12 bits per heavy atom. The van der Waals surface area contributed by atoms with Gasteiger partial charge in [-0.3, -0.25) is 9.69 Å². The Hall–Kier alpha value is -0.175. The zero-order chi connectivity index (χ0) is 6.24. The normalized spacial score (nSPS) is 9.25. The van der Waals surface area contributed by atoms with Gasteiger partial charge < -0.3 is 0 Å². The van der Waals surface area contributed by atoms with Crippen LogP contribution in [0.5, 0.6) is 0 Å². The van der Waals surface area contributed by atoms with Crippen molar-refractivity contribution in [1.29, 1.82) is 0 Å². The maximum atomic E-state index is 7.40. The Morgan fingerprint density at radius 3 is 2.62 bits per heavy atom. The van der Waals surface area contributed by atoms with Gasteiger partial charge in [0.05, 0.1) is 7.11 Å². The highest BCUT2D eigenvalue weighted by Gasteiger charge is 1.92. The van der Waals surface area contributed by atoms with E-state index in [0.29, 0.717) is 7.69 Å². The minimum Gasteiger partial charge on any atom is -0.264 e. The fraction of sp³-hybridized carbons (Fsp3) is 1.00. The van der Waals surface area contributed by atoms with E-state index in [0.717, 1.165) is 0 Å². The van der Waals surface area contributed by atoms with Crippen LogP contribution in [0.15, 0.2) is 0 Å². The van der Waals surface area contributed by atoms with E-state index >= 15 is 0 Å². The molecular formula is CH4BO6. The lowest BCUT2D eigenvalue weighted by Crippen LogP contribution is -2.03. The van der Waals surface area contributed by atoms with E-state index in [4.69, 9.17) is 5.26 Å². The van der Waals surface area contributed by atoms with Crippen LogP contribution in [0.2, 0.25) is 0 Å². The first-order chi connectivity index (χ1) is 3.91. The van der Waals surface area contributed by atoms with Crippen LogP contribution in [0, 0.1) is 0 Å². The molecule has 7 heteroatoms. The predicted octanol–water partition coefficient (Wildman–Crippen LogP) is -0.549. The molecular weight excluding hydrogens is 119 g/mol. The molecule has 0 heterocycles. The summed E-state index contributed by atoms with van der Waals surface area (Å²) < 4.78 is 0. The van der Waals surface area contributed by atoms with Gasteiger partial charge in [-0.2, -0.15) is 0 Å². The van der Waals surface area contributed by atoms with E-state index in [1.54, 1.807) is 0 Å². The standard InChI is InChI=1S/CH4BO6/c1-4-5-2-6-8-7-3/h3H,1H3. The largest absolute Gasteiger partial charge is 0.562 e. The Kier molecular flexibility index (Phi) is 6.68. The second-order valence-corrected chi connectivity index (χ2v) is 0.598. The fourth-order valence-corrected chi connectivity index (χ4v) is 0.0889. The van der Waals surface area contributed by atoms with E-state index in [2.05, 4.69) is 24.6 Å². The van der Waals surface area contributed by atoms with Crippen molar-refractivity contribution in [3.8, 4) is 0 Å². The zero-order valence-electron chi connectivity index (χ0n) is 4.07. The highest BCUT2D eigenvalue weighted by Crippen LogP contribution is 1.75. The van der Waals surface area contributed by atoms with Crippen molar-refractivity contribution in [3.05, 3.63) is 0 Å². The number of hydrogen-bond donors (Lipinski definition) is 1. The monoisotopic (exact) mass is 123 g/mol. The Labute approximate surface area is 45.9 Å². The van der Waals surface area contributed by atoms with Crippen LogP contribution in [-0.4, -0.2) is 20.1 Å². The summed E-state index contributed by atoms with van der Waals surface area (Å²) in [5, 5.41) is 13.8. The minimum absolute atomic E-state index is 0.663. The van der Waals surface area contributed by atoms with Crippen LogP contribution in [0.3, 0.4) is 0 Å². The van der Waals surface area contributed by atoms with Gasteiger partial charge in [0, 0.05) is 0 Å². The van der Waals surface area contributed by atoms with E-state index in [1.807, 2.05) is 0 Å². The van der Waals surface area contributed by atoms with Crippen LogP contribution in [0.4, 0.5) is 0 Å². The van der Waals surface area contributed by atoms with Gasteiger partial charge in [0.15, 0.2) is 0 Å². The van der Waals surface area contributed by atoms with Gasteiger partial charge in [0.1, 0.15) is 0 Å². The van der Waals surface area contributed by atoms with Gasteiger partial charge in [-0.25, -0.2) is 10.1 Å². The number of rotatable bonds is 5. The first-order valence-corrected chi connectivity index (χ1v) is 1.56. The smallest absolute Gasteiger partial charge is 0.264 e. The summed E-state index contributed by atoms with van der Waals surface area (Å²) in [6.45, 7) is 0. The molecule has 6 nitrogen and oxygen atoms in total. The molecule has 0 aliphatic rings. The molecule has 0 spiro atoms. The summed E-state index contributed by atoms with van der Waals surface area (Å²) in [5.41, 5.74) is 0. The van der Waals surface area contributed by atoms with E-state index < -0.39 is 0 Å². The van der Waals surface area contributed by atoms with E-state index in [1.165, 1.54) is 7.11 Å². The van der Waals surface area contributed by atoms with E-state index in [-0.39, 0.29) is 0 Å². The number of hydrogen-bond acceptors (Lipinski definition) is 6. The molecule has 1 radical (unpaired) electrons. The van der Waals surface area contributed by atoms with Gasteiger partial charge in [-0.1, -0.05) is 5.04 Å². The molecule has 8 heavy (non-hydrogen) atoms. The SMILES string of the molecule is COO[B]OOOO. The summed E-state index contributed by atoms with van der Waals surface area (Å²) >= 11 is 0. The summed E-state index contributed by atoms with van der Waals surface area (Å²) in [6, 6.07) is 0. The second kappa shape index (κ2) is 6.82. The molecule has 0 aromatic carbocycles.